The fourth-order valence-electron chi connectivity index (χ4n) is 5.59. The molecule has 1 aromatic carbocycles. The molecule has 2 aliphatic heterocycles. The molecule has 2 fully saturated rings. The van der Waals surface area contributed by atoms with Gasteiger partial charge in [-0.1, -0.05) is 44.9 Å². The Morgan fingerprint density at radius 3 is 2.58 bits per heavy atom. The molecular weight excluding hydrogens is 601 g/mol. The van der Waals surface area contributed by atoms with E-state index in [1.54, 1.807) is 54.8 Å². The normalized spacial score (nSPS) is 25.9. The van der Waals surface area contributed by atoms with Gasteiger partial charge in [0.2, 0.25) is 5.60 Å². The first-order valence-corrected chi connectivity index (χ1v) is 16.7. The molecule has 0 unspecified atom stereocenters. The predicted octanol–water partition coefficient (Wildman–Crippen LogP) is 4.84. The number of ether oxygens (including phenoxy) is 4. The highest BCUT2D eigenvalue weighted by Crippen LogP contribution is 2.51. The summed E-state index contributed by atoms with van der Waals surface area (Å²) in [5, 5.41) is 17.7. The van der Waals surface area contributed by atoms with Gasteiger partial charge in [0.1, 0.15) is 42.5 Å². The minimum Gasteiger partial charge on any atom is -0.464 e. The van der Waals surface area contributed by atoms with Gasteiger partial charge in [0, 0.05) is 0 Å². The quantitative estimate of drug-likeness (QED) is 0.201. The van der Waals surface area contributed by atoms with Crippen molar-refractivity contribution in [2.24, 2.45) is 5.92 Å². The molecule has 45 heavy (non-hydrogen) atoms. The van der Waals surface area contributed by atoms with Crippen molar-refractivity contribution in [3.8, 4) is 11.8 Å². The number of nitrogens with zero attached hydrogens (tertiary/aromatic N) is 4. The van der Waals surface area contributed by atoms with Gasteiger partial charge in [0.15, 0.2) is 5.79 Å². The fraction of sp³-hybridized carbons (Fsp3) is 0.548. The van der Waals surface area contributed by atoms with Gasteiger partial charge in [-0.05, 0) is 57.9 Å². The maximum atomic E-state index is 14.2. The van der Waals surface area contributed by atoms with Crippen LogP contribution in [-0.2, 0) is 38.4 Å². The van der Waals surface area contributed by atoms with Crippen LogP contribution >= 0.6 is 7.75 Å². The molecule has 2 aromatic heterocycles. The number of esters is 1. The molecule has 0 spiro atoms. The summed E-state index contributed by atoms with van der Waals surface area (Å²) in [5.41, 5.74) is 0.208. The molecule has 1 N–H and O–H groups in total. The lowest BCUT2D eigenvalue weighted by Crippen LogP contribution is -2.40. The van der Waals surface area contributed by atoms with E-state index in [2.05, 4.69) is 21.2 Å². The van der Waals surface area contributed by atoms with Crippen LogP contribution in [0.5, 0.6) is 5.75 Å². The van der Waals surface area contributed by atoms with Crippen LogP contribution in [0.3, 0.4) is 0 Å². The minimum absolute atomic E-state index is 0.226. The number of fused-ring (bicyclic) bond motifs is 2. The Morgan fingerprint density at radius 1 is 1.16 bits per heavy atom. The van der Waals surface area contributed by atoms with E-state index in [4.69, 9.17) is 28.0 Å². The Morgan fingerprint density at radius 2 is 1.89 bits per heavy atom. The summed E-state index contributed by atoms with van der Waals surface area (Å²) < 4.78 is 52.0. The number of nitrogens with one attached hydrogen (secondary N) is 1. The number of nitriles is 1. The SMILES string of the molecule is CCC(CC)COC(=O)[C@H](C)N[P@](=O)(OC[C@H]1O[C@@](C#N)(c2ccc3c(C)ncnn23)[C@@H]2OC(C)(C)O[C@@H]21)Oc1ccccc1. The van der Waals surface area contributed by atoms with Crippen LogP contribution in [0.2, 0.25) is 0 Å². The zero-order chi connectivity index (χ0) is 32.4. The molecule has 5 rings (SSSR count). The molecule has 0 saturated carbocycles. The van der Waals surface area contributed by atoms with Crippen molar-refractivity contribution < 1.29 is 37.4 Å². The number of carbonyl (C=O) groups excluding carboxylic acids is 1. The van der Waals surface area contributed by atoms with Crippen LogP contribution in [0, 0.1) is 24.2 Å². The molecule has 14 heteroatoms. The third kappa shape index (κ3) is 6.77. The van der Waals surface area contributed by atoms with E-state index >= 15 is 0 Å². The van der Waals surface area contributed by atoms with E-state index in [1.165, 1.54) is 13.3 Å². The number of hydrogen-bond acceptors (Lipinski definition) is 11. The molecule has 2 aliphatic rings. The second-order valence-corrected chi connectivity index (χ2v) is 13.4. The zero-order valence-electron chi connectivity index (χ0n) is 26.3. The molecule has 242 valence electrons. The molecule has 0 radical (unpaired) electrons. The first-order valence-electron chi connectivity index (χ1n) is 15.1. The minimum atomic E-state index is -4.23. The number of hydrogen-bond donors (Lipinski definition) is 1. The van der Waals surface area contributed by atoms with E-state index in [0.29, 0.717) is 11.2 Å². The van der Waals surface area contributed by atoms with Crippen molar-refractivity contribution in [2.45, 2.75) is 90.1 Å². The monoisotopic (exact) mass is 641 g/mol. The summed E-state index contributed by atoms with van der Waals surface area (Å²) >= 11 is 0. The molecule has 0 bridgehead atoms. The molecule has 0 amide bonds. The smallest absolute Gasteiger partial charge is 0.459 e. The third-order valence-corrected chi connectivity index (χ3v) is 9.77. The summed E-state index contributed by atoms with van der Waals surface area (Å²) in [7, 11) is -4.23. The van der Waals surface area contributed by atoms with Crippen molar-refractivity contribution in [1.82, 2.24) is 19.7 Å². The van der Waals surface area contributed by atoms with Gasteiger partial charge in [-0.3, -0.25) is 9.32 Å². The Labute approximate surface area is 262 Å². The van der Waals surface area contributed by atoms with Gasteiger partial charge in [0.25, 0.3) is 0 Å². The van der Waals surface area contributed by atoms with Crippen LogP contribution in [0.15, 0.2) is 48.8 Å². The van der Waals surface area contributed by atoms with Crippen molar-refractivity contribution in [2.75, 3.05) is 13.2 Å². The molecule has 3 aromatic rings. The first kappa shape index (κ1) is 33.0. The second-order valence-electron chi connectivity index (χ2n) is 11.7. The Hall–Kier alpha value is -3.37. The van der Waals surface area contributed by atoms with Gasteiger partial charge in [-0.15, -0.1) is 0 Å². The van der Waals surface area contributed by atoms with Gasteiger partial charge in [-0.2, -0.15) is 15.4 Å². The average Bonchev–Trinajstić information content (AvgIpc) is 3.68. The van der Waals surface area contributed by atoms with Crippen LogP contribution in [0.4, 0.5) is 0 Å². The maximum absolute atomic E-state index is 14.2. The van der Waals surface area contributed by atoms with Crippen LogP contribution in [0.1, 0.15) is 58.8 Å². The number of benzene rings is 1. The molecule has 6 atom stereocenters. The lowest BCUT2D eigenvalue weighted by Gasteiger charge is -2.29. The van der Waals surface area contributed by atoms with Crippen molar-refractivity contribution >= 4 is 19.2 Å². The number of para-hydroxylation sites is 1. The first-order chi connectivity index (χ1) is 21.4. The Bertz CT molecular complexity index is 1590. The lowest BCUT2D eigenvalue weighted by molar-refractivity contribution is -0.204. The number of carbonyl (C=O) groups is 1. The third-order valence-electron chi connectivity index (χ3n) is 8.12. The number of aryl methyl sites for hydroxylation is 1. The summed E-state index contributed by atoms with van der Waals surface area (Å²) in [4.78, 5) is 17.1. The van der Waals surface area contributed by atoms with Gasteiger partial charge in [-0.25, -0.2) is 14.1 Å². The largest absolute Gasteiger partial charge is 0.464 e. The topological polar surface area (TPSA) is 156 Å². The van der Waals surface area contributed by atoms with E-state index in [9.17, 15) is 14.6 Å². The summed E-state index contributed by atoms with van der Waals surface area (Å²) in [6.45, 7) is 10.8. The van der Waals surface area contributed by atoms with Crippen LogP contribution in [0.25, 0.3) is 5.52 Å². The van der Waals surface area contributed by atoms with Crippen LogP contribution < -0.4 is 9.61 Å². The van der Waals surface area contributed by atoms with Crippen molar-refractivity contribution in [3.63, 3.8) is 0 Å². The fourth-order valence-corrected chi connectivity index (χ4v) is 7.09. The van der Waals surface area contributed by atoms with E-state index in [-0.39, 0.29) is 24.9 Å². The molecule has 0 aliphatic carbocycles. The van der Waals surface area contributed by atoms with Crippen LogP contribution in [-0.4, -0.2) is 63.9 Å². The van der Waals surface area contributed by atoms with E-state index in [1.807, 2.05) is 26.8 Å². The Balaban J connectivity index is 1.40. The average molecular weight is 642 g/mol. The standard InChI is InChI=1S/C31H40N5O8P/c1-7-22(8-2)16-39-29(37)21(4)35-45(38,44-23-12-10-9-11-13-23)40-17-25-27-28(43-30(5,6)42-27)31(18-32,41-25)26-15-14-24-20(3)33-19-34-36(24)26/h9-15,19,21-22,25,27-28H,7-8,16-17H2,1-6H3,(H,35,38)/t21-,25+,27+,28+,31-,45-/m0/s1. The van der Waals surface area contributed by atoms with E-state index in [0.717, 1.165) is 18.5 Å². The predicted molar refractivity (Wildman–Crippen MR) is 162 cm³/mol. The molecule has 13 nitrogen and oxygen atoms in total. The molecule has 2 saturated heterocycles. The number of rotatable bonds is 13. The highest BCUT2D eigenvalue weighted by atomic mass is 31.2. The second kappa shape index (κ2) is 13.2. The molecule has 4 heterocycles. The van der Waals surface area contributed by atoms with E-state index < -0.39 is 49.5 Å². The zero-order valence-corrected chi connectivity index (χ0v) is 27.2. The van der Waals surface area contributed by atoms with Gasteiger partial charge >= 0.3 is 13.7 Å². The summed E-state index contributed by atoms with van der Waals surface area (Å²) in [6, 6.07) is 13.3. The lowest BCUT2D eigenvalue weighted by atomic mass is 9.92. The highest BCUT2D eigenvalue weighted by Gasteiger charge is 2.65. The number of aromatic nitrogens is 3. The maximum Gasteiger partial charge on any atom is 0.459 e. The molecular formula is C31H40N5O8P. The van der Waals surface area contributed by atoms with Gasteiger partial charge in [0.05, 0.1) is 30.1 Å². The Kier molecular flexibility index (Phi) is 9.65. The van der Waals surface area contributed by atoms with Crippen molar-refractivity contribution in [3.05, 3.63) is 60.2 Å². The summed E-state index contributed by atoms with van der Waals surface area (Å²) in [5.74, 6) is -1.15. The highest BCUT2D eigenvalue weighted by molar-refractivity contribution is 7.52. The van der Waals surface area contributed by atoms with Crippen molar-refractivity contribution in [1.29, 1.82) is 5.26 Å². The van der Waals surface area contributed by atoms with Gasteiger partial charge < -0.3 is 23.5 Å². The summed E-state index contributed by atoms with van der Waals surface area (Å²) in [6.07, 6.45) is 0.566.